The molecule has 2 aliphatic rings. The Hall–Kier alpha value is -0.810. The smallest absolute Gasteiger partial charge is 0.239 e. The number of hydrogen-bond donors (Lipinski definition) is 3. The van der Waals surface area contributed by atoms with E-state index in [0.717, 1.165) is 25.7 Å². The molecule has 0 aromatic carbocycles. The van der Waals surface area contributed by atoms with Crippen LogP contribution in [0.5, 0.6) is 0 Å². The van der Waals surface area contributed by atoms with Crippen molar-refractivity contribution in [3.8, 4) is 0 Å². The maximum atomic E-state index is 12.0. The minimum atomic E-state index is -0.156. The fourth-order valence-corrected chi connectivity index (χ4v) is 3.40. The summed E-state index contributed by atoms with van der Waals surface area (Å²) < 4.78 is 0. The summed E-state index contributed by atoms with van der Waals surface area (Å²) in [4.78, 5) is 23.1. The Balaban J connectivity index is 0.00000180. The number of carbonyl (C=O) groups excluding carboxylic acids is 2. The van der Waals surface area contributed by atoms with E-state index in [1.165, 1.54) is 6.42 Å². The number of amides is 2. The van der Waals surface area contributed by atoms with Crippen molar-refractivity contribution in [3.63, 3.8) is 0 Å². The topological polar surface area (TPSA) is 84.2 Å². The van der Waals surface area contributed by atoms with Crippen LogP contribution in [-0.4, -0.2) is 31.4 Å². The normalized spacial score (nSPS) is 32.9. The van der Waals surface area contributed by atoms with E-state index >= 15 is 0 Å². The van der Waals surface area contributed by atoms with E-state index in [4.69, 9.17) is 5.73 Å². The Morgan fingerprint density at radius 1 is 1.21 bits per heavy atom. The maximum Gasteiger partial charge on any atom is 0.239 e. The van der Waals surface area contributed by atoms with E-state index in [2.05, 4.69) is 10.6 Å². The zero-order chi connectivity index (χ0) is 13.1. The molecule has 2 bridgehead atoms. The van der Waals surface area contributed by atoms with Gasteiger partial charge >= 0.3 is 0 Å². The van der Waals surface area contributed by atoms with Crippen LogP contribution in [-0.2, 0) is 9.59 Å². The minimum absolute atomic E-state index is 0. The first-order chi connectivity index (χ1) is 8.61. The predicted molar refractivity (Wildman–Crippen MR) is 75.9 cm³/mol. The summed E-state index contributed by atoms with van der Waals surface area (Å²) in [5.41, 5.74) is 6.19. The molecule has 4 N–H and O–H groups in total. The van der Waals surface area contributed by atoms with Crippen LogP contribution in [0, 0.1) is 17.8 Å². The molecule has 0 radical (unpaired) electrons. The van der Waals surface area contributed by atoms with Gasteiger partial charge in [0.2, 0.25) is 11.8 Å². The molecule has 2 amide bonds. The highest BCUT2D eigenvalue weighted by Crippen LogP contribution is 2.41. The summed E-state index contributed by atoms with van der Waals surface area (Å²) in [5, 5.41) is 5.21. The van der Waals surface area contributed by atoms with Gasteiger partial charge in [-0.2, -0.15) is 0 Å². The lowest BCUT2D eigenvalue weighted by molar-refractivity contribution is -0.130. The van der Waals surface area contributed by atoms with Crippen LogP contribution >= 0.6 is 12.4 Å². The van der Waals surface area contributed by atoms with Gasteiger partial charge in [0.15, 0.2) is 0 Å². The zero-order valence-corrected chi connectivity index (χ0v) is 12.2. The van der Waals surface area contributed by atoms with E-state index in [0.29, 0.717) is 11.8 Å². The van der Waals surface area contributed by atoms with E-state index in [-0.39, 0.29) is 42.7 Å². The highest BCUT2D eigenvalue weighted by molar-refractivity contribution is 5.86. The number of fused-ring (bicyclic) bond motifs is 2. The third kappa shape index (κ3) is 3.83. The van der Waals surface area contributed by atoms with Crippen molar-refractivity contribution in [2.45, 2.75) is 38.1 Å². The molecule has 0 saturated heterocycles. The van der Waals surface area contributed by atoms with Gasteiger partial charge in [-0.3, -0.25) is 9.59 Å². The van der Waals surface area contributed by atoms with E-state index < -0.39 is 0 Å². The monoisotopic (exact) mass is 289 g/mol. The second-order valence-electron chi connectivity index (χ2n) is 5.59. The molecule has 2 unspecified atom stereocenters. The molecule has 0 spiro atoms. The van der Waals surface area contributed by atoms with Gasteiger partial charge in [0, 0.05) is 19.0 Å². The molecule has 2 saturated carbocycles. The average molecular weight is 290 g/mol. The zero-order valence-electron chi connectivity index (χ0n) is 11.4. The van der Waals surface area contributed by atoms with E-state index in [1.54, 1.807) is 7.05 Å². The average Bonchev–Trinajstić information content (AvgIpc) is 2.35. The lowest BCUT2D eigenvalue weighted by Crippen LogP contribution is -2.49. The van der Waals surface area contributed by atoms with Crippen molar-refractivity contribution in [2.75, 3.05) is 13.6 Å². The summed E-state index contributed by atoms with van der Waals surface area (Å²) in [6.45, 7) is 0.0766. The molecule has 2 fully saturated rings. The summed E-state index contributed by atoms with van der Waals surface area (Å²) in [6, 6.07) is 0.279. The molecule has 19 heavy (non-hydrogen) atoms. The fraction of sp³-hybridized carbons (Fsp3) is 0.846. The van der Waals surface area contributed by atoms with Crippen molar-refractivity contribution in [1.82, 2.24) is 10.6 Å². The Bertz CT molecular complexity index is 324. The van der Waals surface area contributed by atoms with Crippen LogP contribution in [0.4, 0.5) is 0 Å². The second kappa shape index (κ2) is 7.10. The van der Waals surface area contributed by atoms with Gasteiger partial charge in [-0.25, -0.2) is 0 Å². The minimum Gasteiger partial charge on any atom is -0.358 e. The number of halogens is 1. The summed E-state index contributed by atoms with van der Waals surface area (Å²) in [5.74, 6) is 0.893. The van der Waals surface area contributed by atoms with Gasteiger partial charge in [0.1, 0.15) is 0 Å². The van der Waals surface area contributed by atoms with Crippen LogP contribution in [0.15, 0.2) is 0 Å². The Labute approximate surface area is 120 Å². The lowest BCUT2D eigenvalue weighted by atomic mass is 9.65. The number of nitrogens with two attached hydrogens (primary N) is 1. The number of carbonyl (C=O) groups is 2. The van der Waals surface area contributed by atoms with Gasteiger partial charge in [0.25, 0.3) is 0 Å². The number of likely N-dealkylation sites (N-methyl/N-ethyl adjacent to an activating group) is 1. The Kier molecular flexibility index (Phi) is 6.07. The molecule has 5 nitrogen and oxygen atoms in total. The highest BCUT2D eigenvalue weighted by atomic mass is 35.5. The summed E-state index contributed by atoms with van der Waals surface area (Å²) in [7, 11) is 1.57. The van der Waals surface area contributed by atoms with Crippen LogP contribution in [0.25, 0.3) is 0 Å². The van der Waals surface area contributed by atoms with Crippen molar-refractivity contribution in [3.05, 3.63) is 0 Å². The van der Waals surface area contributed by atoms with E-state index in [1.807, 2.05) is 0 Å². The standard InChI is InChI=1S/C13H23N3O2.ClH/c1-15-11(17)7-16-13(18)10-5-8-3-2-4-9(6-10)12(8)14;/h8-10,12H,2-7,14H2,1H3,(H,15,17)(H,16,18);1H. The quantitative estimate of drug-likeness (QED) is 0.704. The molecule has 0 heterocycles. The maximum absolute atomic E-state index is 12.0. The molecule has 2 aliphatic carbocycles. The molecule has 110 valence electrons. The molecule has 2 rings (SSSR count). The van der Waals surface area contributed by atoms with Gasteiger partial charge in [-0.05, 0) is 37.5 Å². The molecule has 6 heteroatoms. The third-order valence-corrected chi connectivity index (χ3v) is 4.49. The van der Waals surface area contributed by atoms with Gasteiger partial charge < -0.3 is 16.4 Å². The first-order valence-electron chi connectivity index (χ1n) is 6.85. The van der Waals surface area contributed by atoms with Gasteiger partial charge in [0.05, 0.1) is 6.54 Å². The summed E-state index contributed by atoms with van der Waals surface area (Å²) >= 11 is 0. The van der Waals surface area contributed by atoms with Crippen molar-refractivity contribution in [1.29, 1.82) is 0 Å². The third-order valence-electron chi connectivity index (χ3n) is 4.49. The molecular weight excluding hydrogens is 266 g/mol. The first-order valence-corrected chi connectivity index (χ1v) is 6.85. The Morgan fingerprint density at radius 2 is 1.79 bits per heavy atom. The first kappa shape index (κ1) is 16.2. The molecule has 0 aromatic rings. The number of rotatable bonds is 3. The van der Waals surface area contributed by atoms with Gasteiger partial charge in [-0.1, -0.05) is 6.42 Å². The van der Waals surface area contributed by atoms with Crippen LogP contribution in [0.3, 0.4) is 0 Å². The molecular formula is C13H24ClN3O2. The fourth-order valence-electron chi connectivity index (χ4n) is 3.40. The number of nitrogens with one attached hydrogen (secondary N) is 2. The SMILES string of the molecule is CNC(=O)CNC(=O)C1CC2CCCC(C1)C2N.Cl. The number of hydrogen-bond acceptors (Lipinski definition) is 3. The van der Waals surface area contributed by atoms with Crippen LogP contribution in [0.2, 0.25) is 0 Å². The Morgan fingerprint density at radius 3 is 2.32 bits per heavy atom. The predicted octanol–water partition coefficient (Wildman–Crippen LogP) is 0.424. The van der Waals surface area contributed by atoms with Crippen molar-refractivity contribution in [2.24, 2.45) is 23.5 Å². The van der Waals surface area contributed by atoms with Crippen LogP contribution in [0.1, 0.15) is 32.1 Å². The molecule has 0 aliphatic heterocycles. The van der Waals surface area contributed by atoms with Crippen molar-refractivity contribution < 1.29 is 9.59 Å². The lowest BCUT2D eigenvalue weighted by Gasteiger charge is -2.43. The van der Waals surface area contributed by atoms with Gasteiger partial charge in [-0.15, -0.1) is 12.4 Å². The second-order valence-corrected chi connectivity index (χ2v) is 5.59. The highest BCUT2D eigenvalue weighted by Gasteiger charge is 2.40. The molecule has 2 atom stereocenters. The van der Waals surface area contributed by atoms with Crippen LogP contribution < -0.4 is 16.4 Å². The summed E-state index contributed by atoms with van der Waals surface area (Å²) in [6.07, 6.45) is 5.32. The van der Waals surface area contributed by atoms with E-state index in [9.17, 15) is 9.59 Å². The molecule has 0 aromatic heterocycles. The largest absolute Gasteiger partial charge is 0.358 e. The van der Waals surface area contributed by atoms with Crippen molar-refractivity contribution >= 4 is 24.2 Å².